The Kier molecular flexibility index (Phi) is 4.59. The number of aryl methyl sites for hydroxylation is 2. The summed E-state index contributed by atoms with van der Waals surface area (Å²) in [7, 11) is 1.98. The molecule has 1 aliphatic heterocycles. The molecule has 0 radical (unpaired) electrons. The van der Waals surface area contributed by atoms with Crippen LogP contribution in [0.25, 0.3) is 0 Å². The van der Waals surface area contributed by atoms with Crippen LogP contribution in [0, 0.1) is 6.92 Å². The van der Waals surface area contributed by atoms with E-state index >= 15 is 0 Å². The number of aliphatic hydroxyl groups is 1. The van der Waals surface area contributed by atoms with Crippen molar-refractivity contribution < 1.29 is 5.11 Å². The molecule has 2 aromatic rings. The summed E-state index contributed by atoms with van der Waals surface area (Å²) < 4.78 is 3.84. The molecule has 0 aliphatic carbocycles. The molecule has 0 aromatic carbocycles. The van der Waals surface area contributed by atoms with Crippen LogP contribution in [0.5, 0.6) is 0 Å². The Morgan fingerprint density at radius 1 is 1.32 bits per heavy atom. The fraction of sp³-hybridized carbons (Fsp3) is 0.625. The lowest BCUT2D eigenvalue weighted by Gasteiger charge is -2.32. The van der Waals surface area contributed by atoms with Gasteiger partial charge in [0.15, 0.2) is 0 Å². The van der Waals surface area contributed by atoms with Gasteiger partial charge in [0, 0.05) is 43.2 Å². The number of aromatic nitrogens is 4. The molecule has 0 spiro atoms. The van der Waals surface area contributed by atoms with Crippen LogP contribution in [0.15, 0.2) is 18.5 Å². The molecule has 6 nitrogen and oxygen atoms in total. The minimum atomic E-state index is 0.147. The zero-order chi connectivity index (χ0) is 15.5. The maximum absolute atomic E-state index is 9.12. The first-order chi connectivity index (χ1) is 10.7. The molecule has 6 heteroatoms. The van der Waals surface area contributed by atoms with E-state index in [9.17, 15) is 0 Å². The fourth-order valence-corrected chi connectivity index (χ4v) is 3.40. The van der Waals surface area contributed by atoms with Crippen molar-refractivity contribution in [3.8, 4) is 0 Å². The number of hydrogen-bond donors (Lipinski definition) is 1. The van der Waals surface area contributed by atoms with Crippen LogP contribution >= 0.6 is 0 Å². The van der Waals surface area contributed by atoms with Gasteiger partial charge in [-0.25, -0.2) is 0 Å². The van der Waals surface area contributed by atoms with E-state index in [1.807, 2.05) is 22.6 Å². The maximum Gasteiger partial charge on any atom is 0.0644 e. The smallest absolute Gasteiger partial charge is 0.0644 e. The van der Waals surface area contributed by atoms with Crippen molar-refractivity contribution in [2.45, 2.75) is 38.8 Å². The summed E-state index contributed by atoms with van der Waals surface area (Å²) in [5, 5.41) is 17.9. The van der Waals surface area contributed by atoms with Gasteiger partial charge in [0.25, 0.3) is 0 Å². The number of likely N-dealkylation sites (tertiary alicyclic amines) is 1. The minimum absolute atomic E-state index is 0.147. The Hall–Kier alpha value is -1.66. The monoisotopic (exact) mass is 303 g/mol. The molecule has 0 unspecified atom stereocenters. The second-order valence-electron chi connectivity index (χ2n) is 6.17. The Balaban J connectivity index is 1.58. The van der Waals surface area contributed by atoms with E-state index in [1.165, 1.54) is 11.3 Å². The molecule has 2 aromatic heterocycles. The third kappa shape index (κ3) is 3.23. The summed E-state index contributed by atoms with van der Waals surface area (Å²) >= 11 is 0. The molecular formula is C16H25N5O. The topological polar surface area (TPSA) is 59.1 Å². The summed E-state index contributed by atoms with van der Waals surface area (Å²) in [5.41, 5.74) is 3.73. The van der Waals surface area contributed by atoms with E-state index in [0.717, 1.165) is 38.2 Å². The summed E-state index contributed by atoms with van der Waals surface area (Å²) in [5.74, 6) is 0.556. The molecule has 1 saturated heterocycles. The zero-order valence-corrected chi connectivity index (χ0v) is 13.4. The zero-order valence-electron chi connectivity index (χ0n) is 13.4. The number of hydrogen-bond acceptors (Lipinski definition) is 4. The number of rotatable bonds is 5. The fourth-order valence-electron chi connectivity index (χ4n) is 3.40. The van der Waals surface area contributed by atoms with Gasteiger partial charge in [-0.05, 0) is 38.9 Å². The van der Waals surface area contributed by atoms with Crippen LogP contribution < -0.4 is 0 Å². The van der Waals surface area contributed by atoms with Gasteiger partial charge in [0.1, 0.15) is 0 Å². The molecule has 3 rings (SSSR count). The van der Waals surface area contributed by atoms with Crippen molar-refractivity contribution >= 4 is 0 Å². The maximum atomic E-state index is 9.12. The third-order valence-electron chi connectivity index (χ3n) is 4.58. The van der Waals surface area contributed by atoms with Gasteiger partial charge >= 0.3 is 0 Å². The van der Waals surface area contributed by atoms with Crippen LogP contribution in [-0.4, -0.2) is 49.3 Å². The second-order valence-corrected chi connectivity index (χ2v) is 6.17. The lowest BCUT2D eigenvalue weighted by molar-refractivity contribution is 0.198. The summed E-state index contributed by atoms with van der Waals surface area (Å²) in [4.78, 5) is 2.51. The van der Waals surface area contributed by atoms with Gasteiger partial charge in [0.05, 0.1) is 18.8 Å². The summed E-state index contributed by atoms with van der Waals surface area (Å²) in [6.07, 6.45) is 6.26. The lowest BCUT2D eigenvalue weighted by atomic mass is 9.93. The first kappa shape index (κ1) is 15.2. The van der Waals surface area contributed by atoms with Gasteiger partial charge < -0.3 is 5.11 Å². The summed E-state index contributed by atoms with van der Waals surface area (Å²) in [6.45, 7) is 6.01. The van der Waals surface area contributed by atoms with Crippen molar-refractivity contribution in [1.82, 2.24) is 24.5 Å². The summed E-state index contributed by atoms with van der Waals surface area (Å²) in [6, 6.07) is 2.10. The van der Waals surface area contributed by atoms with Crippen molar-refractivity contribution in [3.63, 3.8) is 0 Å². The molecular weight excluding hydrogens is 278 g/mol. The minimum Gasteiger partial charge on any atom is -0.394 e. The number of piperidine rings is 1. The second kappa shape index (κ2) is 6.62. The van der Waals surface area contributed by atoms with Crippen LogP contribution in [0.2, 0.25) is 0 Å². The average molecular weight is 303 g/mol. The van der Waals surface area contributed by atoms with Crippen molar-refractivity contribution in [3.05, 3.63) is 35.4 Å². The molecule has 120 valence electrons. The van der Waals surface area contributed by atoms with E-state index in [1.54, 1.807) is 0 Å². The quantitative estimate of drug-likeness (QED) is 0.904. The predicted octanol–water partition coefficient (Wildman–Crippen LogP) is 1.30. The highest BCUT2D eigenvalue weighted by Crippen LogP contribution is 2.28. The Morgan fingerprint density at radius 3 is 2.73 bits per heavy atom. The average Bonchev–Trinajstić information content (AvgIpc) is 3.07. The van der Waals surface area contributed by atoms with Gasteiger partial charge in [-0.3, -0.25) is 14.3 Å². The SMILES string of the molecule is Cc1nn(C)cc1CN1CCC(c2ccnn2CCO)CC1. The highest BCUT2D eigenvalue weighted by Gasteiger charge is 2.23. The Labute approximate surface area is 131 Å². The van der Waals surface area contributed by atoms with Crippen LogP contribution in [-0.2, 0) is 20.1 Å². The standard InChI is InChI=1S/C16H25N5O/c1-13-15(11-19(2)18-13)12-20-7-4-14(5-8-20)16-3-6-17-21(16)9-10-22/h3,6,11,14,22H,4-5,7-10,12H2,1-2H3. The highest BCUT2D eigenvalue weighted by molar-refractivity contribution is 5.15. The van der Waals surface area contributed by atoms with Crippen LogP contribution in [0.1, 0.15) is 35.7 Å². The first-order valence-electron chi connectivity index (χ1n) is 8.01. The molecule has 0 bridgehead atoms. The molecule has 0 saturated carbocycles. The van der Waals surface area contributed by atoms with Crippen LogP contribution in [0.4, 0.5) is 0 Å². The molecule has 1 N–H and O–H groups in total. The third-order valence-corrected chi connectivity index (χ3v) is 4.58. The highest BCUT2D eigenvalue weighted by atomic mass is 16.3. The molecule has 3 heterocycles. The normalized spacial score (nSPS) is 17.2. The molecule has 0 atom stereocenters. The largest absolute Gasteiger partial charge is 0.394 e. The van der Waals surface area contributed by atoms with E-state index in [-0.39, 0.29) is 6.61 Å². The van der Waals surface area contributed by atoms with Crippen LogP contribution in [0.3, 0.4) is 0 Å². The van der Waals surface area contributed by atoms with E-state index in [0.29, 0.717) is 12.5 Å². The molecule has 22 heavy (non-hydrogen) atoms. The molecule has 1 fully saturated rings. The Morgan fingerprint density at radius 2 is 2.09 bits per heavy atom. The van der Waals surface area contributed by atoms with Gasteiger partial charge in [0.2, 0.25) is 0 Å². The van der Waals surface area contributed by atoms with E-state index in [2.05, 4.69) is 34.3 Å². The van der Waals surface area contributed by atoms with Gasteiger partial charge in [-0.2, -0.15) is 10.2 Å². The van der Waals surface area contributed by atoms with Gasteiger partial charge in [-0.1, -0.05) is 0 Å². The van der Waals surface area contributed by atoms with E-state index in [4.69, 9.17) is 5.11 Å². The molecule has 0 amide bonds. The number of nitrogens with zero attached hydrogens (tertiary/aromatic N) is 5. The van der Waals surface area contributed by atoms with Crippen molar-refractivity contribution in [2.24, 2.45) is 7.05 Å². The number of aliphatic hydroxyl groups excluding tert-OH is 1. The lowest BCUT2D eigenvalue weighted by Crippen LogP contribution is -2.33. The molecule has 1 aliphatic rings. The van der Waals surface area contributed by atoms with Gasteiger partial charge in [-0.15, -0.1) is 0 Å². The Bertz CT molecular complexity index is 610. The van der Waals surface area contributed by atoms with Crippen molar-refractivity contribution in [2.75, 3.05) is 19.7 Å². The first-order valence-corrected chi connectivity index (χ1v) is 8.01. The predicted molar refractivity (Wildman–Crippen MR) is 84.5 cm³/mol. The van der Waals surface area contributed by atoms with Crippen molar-refractivity contribution in [1.29, 1.82) is 0 Å². The van der Waals surface area contributed by atoms with E-state index < -0.39 is 0 Å².